The second-order valence-electron chi connectivity index (χ2n) is 4.92. The molecule has 1 aromatic carbocycles. The lowest BCUT2D eigenvalue weighted by Crippen LogP contribution is -2.10. The fraction of sp³-hybridized carbons (Fsp3) is 0.389. The van der Waals surface area contributed by atoms with E-state index in [1.807, 2.05) is 36.4 Å². The summed E-state index contributed by atoms with van der Waals surface area (Å²) in [6.45, 7) is 6.32. The van der Waals surface area contributed by atoms with E-state index in [9.17, 15) is 4.79 Å². The van der Waals surface area contributed by atoms with Gasteiger partial charge in [0, 0.05) is 17.7 Å². The molecular weight excluding hydrogens is 262 g/mol. The van der Waals surface area contributed by atoms with Crippen LogP contribution in [0.3, 0.4) is 0 Å². The molecule has 21 heavy (non-hydrogen) atoms. The maximum atomic E-state index is 11.6. The number of hydrogen-bond acceptors (Lipinski definition) is 2. The summed E-state index contributed by atoms with van der Waals surface area (Å²) in [4.78, 5) is 11.6. The number of amides is 1. The Labute approximate surface area is 127 Å². The number of benzene rings is 1. The highest BCUT2D eigenvalue weighted by Crippen LogP contribution is 2.23. The molecule has 0 aliphatic rings. The van der Waals surface area contributed by atoms with Crippen LogP contribution in [0, 0.1) is 0 Å². The van der Waals surface area contributed by atoms with E-state index in [1.165, 1.54) is 6.42 Å². The van der Waals surface area contributed by atoms with E-state index in [4.69, 9.17) is 4.42 Å². The Bertz CT molecular complexity index is 518. The van der Waals surface area contributed by atoms with Gasteiger partial charge in [-0.05, 0) is 30.7 Å². The third-order valence-electron chi connectivity index (χ3n) is 2.71. The summed E-state index contributed by atoms with van der Waals surface area (Å²) < 4.78 is 5.33. The highest BCUT2D eigenvalue weighted by Gasteiger charge is 2.04. The van der Waals surface area contributed by atoms with Gasteiger partial charge in [-0.15, -0.1) is 0 Å². The fourth-order valence-corrected chi connectivity index (χ4v) is 1.75. The van der Waals surface area contributed by atoms with Crippen molar-refractivity contribution in [2.75, 3.05) is 5.32 Å². The number of rotatable bonds is 5. The Balaban J connectivity index is 0.000000677. The van der Waals surface area contributed by atoms with Crippen LogP contribution < -0.4 is 5.32 Å². The van der Waals surface area contributed by atoms with Gasteiger partial charge < -0.3 is 9.73 Å². The first-order chi connectivity index (χ1) is 10.2. The number of nitrogens with one attached hydrogen (secondary N) is 1. The number of carbonyl (C=O) groups is 1. The zero-order valence-corrected chi connectivity index (χ0v) is 13.2. The second kappa shape index (κ2) is 9.81. The smallest absolute Gasteiger partial charge is 0.224 e. The van der Waals surface area contributed by atoms with E-state index in [-0.39, 0.29) is 5.91 Å². The average Bonchev–Trinajstić information content (AvgIpc) is 3.00. The summed E-state index contributed by atoms with van der Waals surface area (Å²) in [6.07, 6.45) is 5.41. The number of anilines is 1. The van der Waals surface area contributed by atoms with E-state index >= 15 is 0 Å². The molecular formula is C18H25NO2. The van der Waals surface area contributed by atoms with Crippen LogP contribution in [-0.4, -0.2) is 5.91 Å². The van der Waals surface area contributed by atoms with Crippen molar-refractivity contribution in [3.8, 4) is 11.3 Å². The summed E-state index contributed by atoms with van der Waals surface area (Å²) in [6, 6.07) is 11.4. The van der Waals surface area contributed by atoms with Crippen molar-refractivity contribution in [3.63, 3.8) is 0 Å². The third-order valence-corrected chi connectivity index (χ3v) is 2.71. The van der Waals surface area contributed by atoms with Crippen molar-refractivity contribution in [1.82, 2.24) is 0 Å². The Morgan fingerprint density at radius 1 is 1.14 bits per heavy atom. The van der Waals surface area contributed by atoms with Gasteiger partial charge in [-0.3, -0.25) is 4.79 Å². The predicted octanol–water partition coefficient (Wildman–Crippen LogP) is 5.49. The molecule has 0 saturated carbocycles. The molecule has 114 valence electrons. The number of carbonyl (C=O) groups excluding carboxylic acids is 1. The molecule has 0 unspecified atom stereocenters. The van der Waals surface area contributed by atoms with Crippen LogP contribution in [0.2, 0.25) is 0 Å². The topological polar surface area (TPSA) is 42.2 Å². The van der Waals surface area contributed by atoms with Gasteiger partial charge in [0.1, 0.15) is 5.76 Å². The minimum atomic E-state index is 0.0634. The Hall–Kier alpha value is -2.03. The Kier molecular flexibility index (Phi) is 7.95. The minimum Gasteiger partial charge on any atom is -0.464 e. The molecule has 1 N–H and O–H groups in total. The van der Waals surface area contributed by atoms with E-state index in [2.05, 4.69) is 26.1 Å². The molecule has 0 saturated heterocycles. The molecule has 1 aromatic heterocycles. The molecule has 0 aliphatic heterocycles. The molecule has 2 rings (SSSR count). The summed E-state index contributed by atoms with van der Waals surface area (Å²) in [5, 5.41) is 2.90. The zero-order chi connectivity index (χ0) is 15.5. The van der Waals surface area contributed by atoms with Crippen molar-refractivity contribution < 1.29 is 9.21 Å². The summed E-state index contributed by atoms with van der Waals surface area (Å²) in [5.41, 5.74) is 1.78. The maximum absolute atomic E-state index is 11.6. The maximum Gasteiger partial charge on any atom is 0.224 e. The van der Waals surface area contributed by atoms with E-state index in [0.717, 1.165) is 29.9 Å². The van der Waals surface area contributed by atoms with Gasteiger partial charge >= 0.3 is 0 Å². The van der Waals surface area contributed by atoms with Gasteiger partial charge in [-0.1, -0.05) is 45.7 Å². The summed E-state index contributed by atoms with van der Waals surface area (Å²) in [5.74, 6) is 0.869. The lowest BCUT2D eigenvalue weighted by atomic mass is 10.1. The number of unbranched alkanes of at least 4 members (excludes halogenated alkanes) is 1. The van der Waals surface area contributed by atoms with E-state index in [1.54, 1.807) is 6.26 Å². The average molecular weight is 287 g/mol. The molecule has 0 aliphatic carbocycles. The fourth-order valence-electron chi connectivity index (χ4n) is 1.75. The number of hydrogen-bond donors (Lipinski definition) is 1. The standard InChI is InChI=1S/C15H17NO2.C3H8/c1-2-3-9-15(17)16-13-7-4-6-12(11-13)14-8-5-10-18-14;1-3-2/h4-8,10-11H,2-3,9H2,1H3,(H,16,17);3H2,1-2H3. The molecule has 0 spiro atoms. The first kappa shape index (κ1) is 17.0. The molecule has 0 atom stereocenters. The molecule has 0 radical (unpaired) electrons. The molecule has 1 heterocycles. The van der Waals surface area contributed by atoms with Crippen molar-refractivity contribution in [3.05, 3.63) is 42.7 Å². The first-order valence-electron chi connectivity index (χ1n) is 7.65. The third kappa shape index (κ3) is 6.30. The second-order valence-corrected chi connectivity index (χ2v) is 4.92. The van der Waals surface area contributed by atoms with Gasteiger partial charge in [0.05, 0.1) is 6.26 Å². The van der Waals surface area contributed by atoms with Crippen LogP contribution in [0.25, 0.3) is 11.3 Å². The van der Waals surface area contributed by atoms with Gasteiger partial charge in [0.15, 0.2) is 0 Å². The van der Waals surface area contributed by atoms with E-state index in [0.29, 0.717) is 6.42 Å². The van der Waals surface area contributed by atoms with Gasteiger partial charge in [-0.25, -0.2) is 0 Å². The lowest BCUT2D eigenvalue weighted by Gasteiger charge is -2.06. The van der Waals surface area contributed by atoms with Crippen molar-refractivity contribution in [2.45, 2.75) is 46.5 Å². The molecule has 1 amide bonds. The molecule has 0 bridgehead atoms. The van der Waals surface area contributed by atoms with Crippen LogP contribution in [0.1, 0.15) is 46.5 Å². The van der Waals surface area contributed by atoms with Crippen LogP contribution in [0.4, 0.5) is 5.69 Å². The van der Waals surface area contributed by atoms with Crippen molar-refractivity contribution in [2.24, 2.45) is 0 Å². The summed E-state index contributed by atoms with van der Waals surface area (Å²) in [7, 11) is 0. The predicted molar refractivity (Wildman–Crippen MR) is 88.3 cm³/mol. The van der Waals surface area contributed by atoms with Crippen LogP contribution in [-0.2, 0) is 4.79 Å². The molecule has 0 fully saturated rings. The largest absolute Gasteiger partial charge is 0.464 e. The molecule has 3 nitrogen and oxygen atoms in total. The highest BCUT2D eigenvalue weighted by molar-refractivity contribution is 5.91. The minimum absolute atomic E-state index is 0.0634. The SMILES string of the molecule is CCC.CCCCC(=O)Nc1cccc(-c2ccco2)c1. The zero-order valence-electron chi connectivity index (χ0n) is 13.2. The van der Waals surface area contributed by atoms with Gasteiger partial charge in [-0.2, -0.15) is 0 Å². The van der Waals surface area contributed by atoms with Gasteiger partial charge in [0.2, 0.25) is 5.91 Å². The molecule has 3 heteroatoms. The van der Waals surface area contributed by atoms with Crippen molar-refractivity contribution >= 4 is 11.6 Å². The Morgan fingerprint density at radius 3 is 2.52 bits per heavy atom. The highest BCUT2D eigenvalue weighted by atomic mass is 16.3. The lowest BCUT2D eigenvalue weighted by molar-refractivity contribution is -0.116. The first-order valence-corrected chi connectivity index (χ1v) is 7.65. The van der Waals surface area contributed by atoms with Crippen LogP contribution in [0.15, 0.2) is 47.1 Å². The molecule has 2 aromatic rings. The van der Waals surface area contributed by atoms with Crippen LogP contribution >= 0.6 is 0 Å². The van der Waals surface area contributed by atoms with Crippen molar-refractivity contribution in [1.29, 1.82) is 0 Å². The summed E-state index contributed by atoms with van der Waals surface area (Å²) >= 11 is 0. The Morgan fingerprint density at radius 2 is 1.90 bits per heavy atom. The number of furan rings is 1. The quantitative estimate of drug-likeness (QED) is 0.789. The normalized spacial score (nSPS) is 9.67. The monoisotopic (exact) mass is 287 g/mol. The van der Waals surface area contributed by atoms with Gasteiger partial charge in [0.25, 0.3) is 0 Å². The van der Waals surface area contributed by atoms with Crippen LogP contribution in [0.5, 0.6) is 0 Å². The van der Waals surface area contributed by atoms with E-state index < -0.39 is 0 Å².